The fraction of sp³-hybridized carbons (Fsp3) is 0.562. The summed E-state index contributed by atoms with van der Waals surface area (Å²) in [5.41, 5.74) is 0.362. The second kappa shape index (κ2) is 6.02. The third kappa shape index (κ3) is 5.05. The maximum Gasteiger partial charge on any atom is 0.408 e. The van der Waals surface area contributed by atoms with E-state index < -0.39 is 5.60 Å². The minimum atomic E-state index is -0.478. The first-order chi connectivity index (χ1) is 9.69. The molecule has 1 aromatic carbocycles. The van der Waals surface area contributed by atoms with Gasteiger partial charge in [0.05, 0.1) is 5.54 Å². The summed E-state index contributed by atoms with van der Waals surface area (Å²) < 4.78 is 12.4. The molecule has 0 saturated heterocycles. The van der Waals surface area contributed by atoms with Gasteiger partial charge < -0.3 is 14.8 Å². The maximum absolute atomic E-state index is 11.8. The Morgan fingerprint density at radius 1 is 1.38 bits per heavy atom. The van der Waals surface area contributed by atoms with Crippen molar-refractivity contribution in [1.82, 2.24) is 5.32 Å². The van der Waals surface area contributed by atoms with Crippen molar-refractivity contribution in [3.05, 3.63) is 27.3 Å². The Kier molecular flexibility index (Phi) is 4.70. The molecule has 2 rings (SSSR count). The van der Waals surface area contributed by atoms with Crippen LogP contribution in [0.15, 0.2) is 18.2 Å². The normalized spacial score (nSPS) is 16.2. The van der Waals surface area contributed by atoms with Gasteiger partial charge in [0, 0.05) is 3.57 Å². The average molecular weight is 403 g/mol. The zero-order chi connectivity index (χ0) is 15.7. The number of ether oxygens (including phenoxy) is 2. The molecule has 4 nitrogen and oxygen atoms in total. The van der Waals surface area contributed by atoms with Crippen molar-refractivity contribution in [3.63, 3.8) is 0 Å². The molecule has 1 aliphatic rings. The molecule has 5 heteroatoms. The van der Waals surface area contributed by atoms with Gasteiger partial charge in [-0.2, -0.15) is 0 Å². The predicted octanol–water partition coefficient (Wildman–Crippen LogP) is 4.04. The molecule has 0 atom stereocenters. The van der Waals surface area contributed by atoms with Gasteiger partial charge in [-0.3, -0.25) is 0 Å². The largest absolute Gasteiger partial charge is 0.491 e. The summed E-state index contributed by atoms with van der Waals surface area (Å²) in [6, 6.07) is 6.07. The van der Waals surface area contributed by atoms with E-state index in [1.807, 2.05) is 39.8 Å². The van der Waals surface area contributed by atoms with Gasteiger partial charge in [-0.15, -0.1) is 0 Å². The smallest absolute Gasteiger partial charge is 0.408 e. The lowest BCUT2D eigenvalue weighted by Gasteiger charge is -2.23. The number of alkyl carbamates (subject to hydrolysis) is 1. The van der Waals surface area contributed by atoms with Gasteiger partial charge >= 0.3 is 6.09 Å². The van der Waals surface area contributed by atoms with Crippen molar-refractivity contribution in [2.24, 2.45) is 0 Å². The number of aryl methyl sites for hydroxylation is 1. The minimum Gasteiger partial charge on any atom is -0.491 e. The summed E-state index contributed by atoms with van der Waals surface area (Å²) in [4.78, 5) is 11.8. The fourth-order valence-corrected chi connectivity index (χ4v) is 2.61. The van der Waals surface area contributed by atoms with Crippen LogP contribution >= 0.6 is 22.6 Å². The van der Waals surface area contributed by atoms with Crippen LogP contribution in [0.5, 0.6) is 5.75 Å². The Morgan fingerprint density at radius 2 is 2.05 bits per heavy atom. The monoisotopic (exact) mass is 403 g/mol. The van der Waals surface area contributed by atoms with Crippen LogP contribution in [0.25, 0.3) is 0 Å². The molecule has 0 radical (unpaired) electrons. The average Bonchev–Trinajstić information content (AvgIpc) is 3.05. The number of benzene rings is 1. The molecule has 1 amide bonds. The topological polar surface area (TPSA) is 47.6 Å². The zero-order valence-corrected chi connectivity index (χ0v) is 15.1. The highest BCUT2D eigenvalue weighted by atomic mass is 127. The van der Waals surface area contributed by atoms with Gasteiger partial charge in [0.15, 0.2) is 0 Å². The lowest BCUT2D eigenvalue weighted by atomic mass is 10.2. The first-order valence-electron chi connectivity index (χ1n) is 7.09. The number of hydrogen-bond acceptors (Lipinski definition) is 3. The summed E-state index contributed by atoms with van der Waals surface area (Å²) in [5, 5.41) is 2.94. The van der Waals surface area contributed by atoms with E-state index in [9.17, 15) is 4.79 Å². The second-order valence-electron chi connectivity index (χ2n) is 6.61. The molecule has 0 bridgehead atoms. The summed E-state index contributed by atoms with van der Waals surface area (Å²) in [7, 11) is 0. The molecule has 1 aromatic rings. The van der Waals surface area contributed by atoms with Crippen LogP contribution in [0.1, 0.15) is 39.2 Å². The Hall–Kier alpha value is -0.980. The maximum atomic E-state index is 11.8. The number of carbonyl (C=O) groups excluding carboxylic acids is 1. The number of halogens is 1. The van der Waals surface area contributed by atoms with E-state index in [-0.39, 0.29) is 11.6 Å². The Labute approximate surface area is 139 Å². The standard InChI is InChI=1S/C16H22INO3/c1-11-9-12(17)5-6-13(11)20-10-16(7-8-16)18-14(19)21-15(2,3)4/h5-6,9H,7-8,10H2,1-4H3,(H,18,19). The van der Waals surface area contributed by atoms with Crippen molar-refractivity contribution in [3.8, 4) is 5.75 Å². The van der Waals surface area contributed by atoms with E-state index in [4.69, 9.17) is 9.47 Å². The third-order valence-corrected chi connectivity index (χ3v) is 3.93. The van der Waals surface area contributed by atoms with Crippen molar-refractivity contribution in [2.45, 2.75) is 51.7 Å². The molecule has 1 N–H and O–H groups in total. The van der Waals surface area contributed by atoms with Crippen LogP contribution in [-0.4, -0.2) is 23.8 Å². The van der Waals surface area contributed by atoms with Crippen LogP contribution in [0.2, 0.25) is 0 Å². The second-order valence-corrected chi connectivity index (χ2v) is 7.85. The van der Waals surface area contributed by atoms with Crippen molar-refractivity contribution in [1.29, 1.82) is 0 Å². The number of amides is 1. The zero-order valence-electron chi connectivity index (χ0n) is 13.0. The van der Waals surface area contributed by atoms with Gasteiger partial charge in [-0.05, 0) is 86.9 Å². The van der Waals surface area contributed by atoms with Crippen LogP contribution in [-0.2, 0) is 4.74 Å². The predicted molar refractivity (Wildman–Crippen MR) is 90.7 cm³/mol. The Morgan fingerprint density at radius 3 is 2.57 bits per heavy atom. The van der Waals surface area contributed by atoms with Crippen LogP contribution in [0, 0.1) is 10.5 Å². The van der Waals surface area contributed by atoms with Gasteiger partial charge in [-0.25, -0.2) is 4.79 Å². The molecule has 1 saturated carbocycles. The first kappa shape index (κ1) is 16.4. The van der Waals surface area contributed by atoms with Crippen LogP contribution in [0.3, 0.4) is 0 Å². The van der Waals surface area contributed by atoms with E-state index in [0.29, 0.717) is 6.61 Å². The van der Waals surface area contributed by atoms with Crippen molar-refractivity contribution < 1.29 is 14.3 Å². The van der Waals surface area contributed by atoms with Gasteiger partial charge in [0.1, 0.15) is 18.0 Å². The van der Waals surface area contributed by atoms with Gasteiger partial charge in [0.25, 0.3) is 0 Å². The van der Waals surface area contributed by atoms with E-state index in [1.54, 1.807) is 0 Å². The highest BCUT2D eigenvalue weighted by Gasteiger charge is 2.46. The Bertz CT molecular complexity index is 533. The number of nitrogens with one attached hydrogen (secondary N) is 1. The molecule has 0 aromatic heterocycles. The van der Waals surface area contributed by atoms with Gasteiger partial charge in [0.2, 0.25) is 0 Å². The first-order valence-corrected chi connectivity index (χ1v) is 8.17. The molecule has 116 valence electrons. The van der Waals surface area contributed by atoms with Crippen molar-refractivity contribution >= 4 is 28.7 Å². The third-order valence-electron chi connectivity index (χ3n) is 3.26. The number of hydrogen-bond donors (Lipinski definition) is 1. The lowest BCUT2D eigenvalue weighted by molar-refractivity contribution is 0.0477. The van der Waals surface area contributed by atoms with E-state index in [1.165, 1.54) is 3.57 Å². The lowest BCUT2D eigenvalue weighted by Crippen LogP contribution is -2.44. The molecule has 0 spiro atoms. The SMILES string of the molecule is Cc1cc(I)ccc1OCC1(NC(=O)OC(C)(C)C)CC1. The van der Waals surface area contributed by atoms with Crippen LogP contribution < -0.4 is 10.1 Å². The molecule has 1 aliphatic carbocycles. The van der Waals surface area contributed by atoms with Crippen LogP contribution in [0.4, 0.5) is 4.79 Å². The van der Waals surface area contributed by atoms with E-state index >= 15 is 0 Å². The van der Waals surface area contributed by atoms with Gasteiger partial charge in [-0.1, -0.05) is 0 Å². The highest BCUT2D eigenvalue weighted by Crippen LogP contribution is 2.36. The van der Waals surface area contributed by atoms with Crippen molar-refractivity contribution in [2.75, 3.05) is 6.61 Å². The fourth-order valence-electron chi connectivity index (χ4n) is 1.97. The summed E-state index contributed by atoms with van der Waals surface area (Å²) in [6.45, 7) is 8.08. The molecule has 21 heavy (non-hydrogen) atoms. The summed E-state index contributed by atoms with van der Waals surface area (Å²) in [6.07, 6.45) is 1.48. The minimum absolute atomic E-state index is 0.266. The molecule has 0 aliphatic heterocycles. The molecule has 0 heterocycles. The van der Waals surface area contributed by atoms with E-state index in [2.05, 4.69) is 34.0 Å². The molecule has 1 fully saturated rings. The quantitative estimate of drug-likeness (QED) is 0.773. The summed E-state index contributed by atoms with van der Waals surface area (Å²) in [5.74, 6) is 0.868. The number of carbonyl (C=O) groups is 1. The van der Waals surface area contributed by atoms with E-state index in [0.717, 1.165) is 24.2 Å². The Balaban J connectivity index is 1.89. The molecular formula is C16H22INO3. The molecule has 0 unspecified atom stereocenters. The summed E-state index contributed by atoms with van der Waals surface area (Å²) >= 11 is 2.28. The molecular weight excluding hydrogens is 381 g/mol. The number of rotatable bonds is 4. The highest BCUT2D eigenvalue weighted by molar-refractivity contribution is 14.1.